The standard InChI is InChI=1S/C13H15ClN4/c1-9-6-7-13(16-15-9)18-12(14)8-11(17-18)10-4-2-3-5-10/h6-8,10H,2-5H2,1H3. The maximum Gasteiger partial charge on any atom is 0.177 e. The third-order valence-corrected chi connectivity index (χ3v) is 3.73. The van der Waals surface area contributed by atoms with Crippen LogP contribution in [0.3, 0.4) is 0 Å². The maximum atomic E-state index is 6.23. The van der Waals surface area contributed by atoms with E-state index in [1.165, 1.54) is 25.7 Å². The Balaban J connectivity index is 1.94. The molecular weight excluding hydrogens is 248 g/mol. The average Bonchev–Trinajstić information content (AvgIpc) is 2.99. The summed E-state index contributed by atoms with van der Waals surface area (Å²) in [5, 5.41) is 13.3. The number of aryl methyl sites for hydroxylation is 1. The van der Waals surface area contributed by atoms with Gasteiger partial charge in [0.2, 0.25) is 0 Å². The van der Waals surface area contributed by atoms with E-state index in [2.05, 4.69) is 15.3 Å². The van der Waals surface area contributed by atoms with E-state index >= 15 is 0 Å². The number of rotatable bonds is 2. The number of hydrogen-bond donors (Lipinski definition) is 0. The van der Waals surface area contributed by atoms with Gasteiger partial charge >= 0.3 is 0 Å². The summed E-state index contributed by atoms with van der Waals surface area (Å²) in [5.41, 5.74) is 1.97. The molecule has 5 heteroatoms. The Kier molecular flexibility index (Phi) is 3.04. The first-order chi connectivity index (χ1) is 8.74. The monoisotopic (exact) mass is 262 g/mol. The highest BCUT2D eigenvalue weighted by Crippen LogP contribution is 2.34. The Morgan fingerprint density at radius 2 is 2.00 bits per heavy atom. The SMILES string of the molecule is Cc1ccc(-n2nc(C3CCCC3)cc2Cl)nn1. The van der Waals surface area contributed by atoms with Crippen LogP contribution in [0.5, 0.6) is 0 Å². The van der Waals surface area contributed by atoms with Crippen molar-refractivity contribution < 1.29 is 0 Å². The maximum absolute atomic E-state index is 6.23. The third-order valence-electron chi connectivity index (χ3n) is 3.46. The summed E-state index contributed by atoms with van der Waals surface area (Å²) in [6.07, 6.45) is 5.01. The van der Waals surface area contributed by atoms with Crippen molar-refractivity contribution >= 4 is 11.6 Å². The summed E-state index contributed by atoms with van der Waals surface area (Å²) in [4.78, 5) is 0. The van der Waals surface area contributed by atoms with E-state index in [0.717, 1.165) is 11.4 Å². The molecule has 0 saturated heterocycles. The molecule has 1 aliphatic rings. The largest absolute Gasteiger partial charge is 0.202 e. The second kappa shape index (κ2) is 4.69. The van der Waals surface area contributed by atoms with Crippen LogP contribution in [0, 0.1) is 6.92 Å². The Morgan fingerprint density at radius 1 is 1.22 bits per heavy atom. The lowest BCUT2D eigenvalue weighted by atomic mass is 10.1. The average molecular weight is 263 g/mol. The van der Waals surface area contributed by atoms with Crippen molar-refractivity contribution in [1.29, 1.82) is 0 Å². The van der Waals surface area contributed by atoms with E-state index in [-0.39, 0.29) is 0 Å². The molecule has 94 valence electrons. The fraction of sp³-hybridized carbons (Fsp3) is 0.462. The van der Waals surface area contributed by atoms with Crippen molar-refractivity contribution in [3.63, 3.8) is 0 Å². The van der Waals surface area contributed by atoms with E-state index in [4.69, 9.17) is 11.6 Å². The summed E-state index contributed by atoms with van der Waals surface area (Å²) in [7, 11) is 0. The molecule has 18 heavy (non-hydrogen) atoms. The minimum absolute atomic E-state index is 0.558. The molecule has 0 spiro atoms. The zero-order valence-electron chi connectivity index (χ0n) is 10.3. The van der Waals surface area contributed by atoms with Gasteiger partial charge in [0.1, 0.15) is 5.15 Å². The van der Waals surface area contributed by atoms with Crippen molar-refractivity contribution in [2.75, 3.05) is 0 Å². The molecule has 2 heterocycles. The first kappa shape index (κ1) is 11.7. The van der Waals surface area contributed by atoms with Crippen LogP contribution in [0.2, 0.25) is 5.15 Å². The lowest BCUT2D eigenvalue weighted by molar-refractivity contribution is 0.673. The van der Waals surface area contributed by atoms with Crippen molar-refractivity contribution in [3.05, 3.63) is 34.7 Å². The van der Waals surface area contributed by atoms with Gasteiger partial charge in [-0.05, 0) is 38.0 Å². The molecule has 1 saturated carbocycles. The van der Waals surface area contributed by atoms with Crippen molar-refractivity contribution in [3.8, 4) is 5.82 Å². The van der Waals surface area contributed by atoms with Gasteiger partial charge in [-0.3, -0.25) is 0 Å². The summed E-state index contributed by atoms with van der Waals surface area (Å²) in [6, 6.07) is 5.76. The van der Waals surface area contributed by atoms with E-state index in [1.54, 1.807) is 4.68 Å². The molecule has 0 N–H and O–H groups in total. The van der Waals surface area contributed by atoms with Crippen molar-refractivity contribution in [2.24, 2.45) is 0 Å². The molecule has 0 aliphatic heterocycles. The molecule has 3 rings (SSSR count). The molecule has 2 aromatic rings. The van der Waals surface area contributed by atoms with Crippen LogP contribution in [-0.4, -0.2) is 20.0 Å². The predicted octanol–water partition coefficient (Wildman–Crippen LogP) is 3.28. The molecule has 1 fully saturated rings. The number of aromatic nitrogens is 4. The van der Waals surface area contributed by atoms with Crippen LogP contribution in [-0.2, 0) is 0 Å². The smallest absolute Gasteiger partial charge is 0.177 e. The van der Waals surface area contributed by atoms with Gasteiger partial charge in [-0.1, -0.05) is 24.4 Å². The molecule has 0 amide bonds. The van der Waals surface area contributed by atoms with E-state index in [9.17, 15) is 0 Å². The van der Waals surface area contributed by atoms with Crippen molar-refractivity contribution in [2.45, 2.75) is 38.5 Å². The van der Waals surface area contributed by atoms with Crippen LogP contribution in [0.25, 0.3) is 5.82 Å². The molecule has 2 aromatic heterocycles. The fourth-order valence-corrected chi connectivity index (χ4v) is 2.70. The topological polar surface area (TPSA) is 43.6 Å². The van der Waals surface area contributed by atoms with Gasteiger partial charge in [0.05, 0.1) is 11.4 Å². The summed E-state index contributed by atoms with van der Waals surface area (Å²) >= 11 is 6.23. The lowest BCUT2D eigenvalue weighted by Gasteiger charge is -2.04. The molecule has 0 bridgehead atoms. The number of halogens is 1. The van der Waals surface area contributed by atoms with Gasteiger partial charge in [-0.2, -0.15) is 10.2 Å². The molecule has 0 radical (unpaired) electrons. The Morgan fingerprint density at radius 3 is 2.67 bits per heavy atom. The van der Waals surface area contributed by atoms with Crippen LogP contribution in [0.15, 0.2) is 18.2 Å². The van der Waals surface area contributed by atoms with Crippen LogP contribution < -0.4 is 0 Å². The third kappa shape index (κ3) is 2.12. The molecular formula is C13H15ClN4. The zero-order chi connectivity index (χ0) is 12.5. The minimum Gasteiger partial charge on any atom is -0.202 e. The van der Waals surface area contributed by atoms with E-state index in [1.807, 2.05) is 25.1 Å². The molecule has 1 aliphatic carbocycles. The minimum atomic E-state index is 0.558. The van der Waals surface area contributed by atoms with Gasteiger partial charge in [0, 0.05) is 5.92 Å². The van der Waals surface area contributed by atoms with Gasteiger partial charge in [-0.25, -0.2) is 4.68 Å². The molecule has 0 aromatic carbocycles. The molecule has 0 atom stereocenters. The van der Waals surface area contributed by atoms with Gasteiger partial charge < -0.3 is 0 Å². The van der Waals surface area contributed by atoms with Crippen LogP contribution >= 0.6 is 11.6 Å². The Hall–Kier alpha value is -1.42. The summed E-state index contributed by atoms with van der Waals surface area (Å²) in [6.45, 7) is 1.91. The highest BCUT2D eigenvalue weighted by atomic mass is 35.5. The summed E-state index contributed by atoms with van der Waals surface area (Å²) in [5.74, 6) is 1.23. The quantitative estimate of drug-likeness (QED) is 0.834. The highest BCUT2D eigenvalue weighted by molar-refractivity contribution is 6.29. The number of nitrogens with zero attached hydrogens (tertiary/aromatic N) is 4. The highest BCUT2D eigenvalue weighted by Gasteiger charge is 2.21. The van der Waals surface area contributed by atoms with Crippen molar-refractivity contribution in [1.82, 2.24) is 20.0 Å². The Bertz CT molecular complexity index is 541. The van der Waals surface area contributed by atoms with Gasteiger partial charge in [0.15, 0.2) is 5.82 Å². The first-order valence-electron chi connectivity index (χ1n) is 6.30. The van der Waals surface area contributed by atoms with Crippen LogP contribution in [0.4, 0.5) is 0 Å². The first-order valence-corrected chi connectivity index (χ1v) is 6.68. The van der Waals surface area contributed by atoms with Gasteiger partial charge in [-0.15, -0.1) is 5.10 Å². The molecule has 4 nitrogen and oxygen atoms in total. The van der Waals surface area contributed by atoms with Gasteiger partial charge in [0.25, 0.3) is 0 Å². The lowest BCUT2D eigenvalue weighted by Crippen LogP contribution is -2.03. The second-order valence-corrected chi connectivity index (χ2v) is 5.21. The summed E-state index contributed by atoms with van der Waals surface area (Å²) < 4.78 is 1.67. The second-order valence-electron chi connectivity index (χ2n) is 4.82. The van der Waals surface area contributed by atoms with Crippen LogP contribution in [0.1, 0.15) is 43.0 Å². The van der Waals surface area contributed by atoms with E-state index in [0.29, 0.717) is 16.9 Å². The normalized spacial score (nSPS) is 16.3. The predicted molar refractivity (Wildman–Crippen MR) is 70.1 cm³/mol. The Labute approximate surface area is 111 Å². The fourth-order valence-electron chi connectivity index (χ4n) is 2.46. The number of hydrogen-bond acceptors (Lipinski definition) is 3. The van der Waals surface area contributed by atoms with E-state index < -0.39 is 0 Å². The zero-order valence-corrected chi connectivity index (χ0v) is 11.1. The molecule has 0 unspecified atom stereocenters.